The minimum atomic E-state index is 1.24. The van der Waals surface area contributed by atoms with E-state index in [0.717, 1.165) is 0 Å². The first-order valence-electron chi connectivity index (χ1n) is 16.1. The third-order valence-electron chi connectivity index (χ3n) is 9.69. The monoisotopic (exact) mass is 584 g/mol. The van der Waals surface area contributed by atoms with E-state index in [1.165, 1.54) is 99.4 Å². The van der Waals surface area contributed by atoms with E-state index >= 15 is 0 Å². The molecular weight excluding hydrogens is 553 g/mol. The Morgan fingerprint density at radius 3 is 1.48 bits per heavy atom. The molecule has 0 unspecified atom stereocenters. The topological polar surface area (TPSA) is 0 Å². The van der Waals surface area contributed by atoms with Crippen LogP contribution in [-0.4, -0.2) is 0 Å². The highest BCUT2D eigenvalue weighted by atomic mass is 14.3. The molecule has 216 valence electrons. The Morgan fingerprint density at radius 2 is 0.804 bits per heavy atom. The van der Waals surface area contributed by atoms with Crippen LogP contribution in [0.25, 0.3) is 88.3 Å². The minimum Gasteiger partial charge on any atom is -0.0622 e. The van der Waals surface area contributed by atoms with E-state index in [1.807, 2.05) is 0 Å². The summed E-state index contributed by atoms with van der Waals surface area (Å²) >= 11 is 0. The fourth-order valence-electron chi connectivity index (χ4n) is 7.73. The van der Waals surface area contributed by atoms with Gasteiger partial charge in [-0.05, 0) is 108 Å². The van der Waals surface area contributed by atoms with Gasteiger partial charge in [0.2, 0.25) is 0 Å². The molecule has 0 saturated heterocycles. The van der Waals surface area contributed by atoms with Crippen molar-refractivity contribution in [2.45, 2.75) is 13.8 Å². The molecule has 0 fully saturated rings. The van der Waals surface area contributed by atoms with Crippen LogP contribution in [0.4, 0.5) is 0 Å². The van der Waals surface area contributed by atoms with E-state index < -0.39 is 0 Å². The highest BCUT2D eigenvalue weighted by Crippen LogP contribution is 2.58. The van der Waals surface area contributed by atoms with E-state index in [4.69, 9.17) is 0 Å². The van der Waals surface area contributed by atoms with Crippen molar-refractivity contribution >= 4 is 21.5 Å². The molecule has 0 saturated carbocycles. The molecule has 0 aromatic heterocycles. The van der Waals surface area contributed by atoms with Crippen LogP contribution in [0.2, 0.25) is 0 Å². The van der Waals surface area contributed by atoms with Gasteiger partial charge < -0.3 is 0 Å². The van der Waals surface area contributed by atoms with Gasteiger partial charge in [0.1, 0.15) is 0 Å². The summed E-state index contributed by atoms with van der Waals surface area (Å²) in [6.45, 7) is 4.34. The molecule has 0 radical (unpaired) electrons. The van der Waals surface area contributed by atoms with Crippen molar-refractivity contribution in [1.29, 1.82) is 0 Å². The molecule has 0 heteroatoms. The lowest BCUT2D eigenvalue weighted by Crippen LogP contribution is -1.94. The molecule has 0 spiro atoms. The fourth-order valence-corrected chi connectivity index (χ4v) is 7.73. The van der Waals surface area contributed by atoms with Crippen molar-refractivity contribution in [1.82, 2.24) is 0 Å². The molecule has 0 amide bonds. The summed E-state index contributed by atoms with van der Waals surface area (Å²) < 4.78 is 0. The van der Waals surface area contributed by atoms with E-state index in [1.54, 1.807) is 0 Å². The Morgan fingerprint density at radius 1 is 0.283 bits per heavy atom. The van der Waals surface area contributed by atoms with Gasteiger partial charge in [-0.15, -0.1) is 0 Å². The number of rotatable bonds is 4. The van der Waals surface area contributed by atoms with Gasteiger partial charge in [-0.2, -0.15) is 0 Å². The van der Waals surface area contributed by atoms with Crippen molar-refractivity contribution < 1.29 is 0 Å². The Hall–Kier alpha value is -5.72. The maximum atomic E-state index is 2.43. The molecule has 0 nitrogen and oxygen atoms in total. The first kappa shape index (κ1) is 26.7. The number of benzene rings is 8. The Labute approximate surface area is 270 Å². The summed E-state index contributed by atoms with van der Waals surface area (Å²) in [5.41, 5.74) is 18.0. The smallest absolute Gasteiger partial charge is 0.000741 e. The van der Waals surface area contributed by atoms with Crippen molar-refractivity contribution in [3.05, 3.63) is 169 Å². The maximum absolute atomic E-state index is 2.43. The van der Waals surface area contributed by atoms with E-state index in [9.17, 15) is 0 Å². The SMILES string of the molecule is Cc1cccc(-c2ccc3c(-c4ccccc4)c4c(c(-c5ccccc5)c3c2)-c2ccc(-c3cccc(C)c3)c3cccc-4c23)c1. The zero-order valence-electron chi connectivity index (χ0n) is 26.0. The van der Waals surface area contributed by atoms with Crippen LogP contribution in [-0.2, 0) is 0 Å². The number of aryl methyl sites for hydroxylation is 2. The van der Waals surface area contributed by atoms with Gasteiger partial charge in [0.15, 0.2) is 0 Å². The Bertz CT molecular complexity index is 2460. The Balaban J connectivity index is 1.46. The molecule has 46 heavy (non-hydrogen) atoms. The summed E-state index contributed by atoms with van der Waals surface area (Å²) in [4.78, 5) is 0. The average molecular weight is 585 g/mol. The zero-order valence-corrected chi connectivity index (χ0v) is 26.0. The fraction of sp³-hybridized carbons (Fsp3) is 0.0435. The average Bonchev–Trinajstić information content (AvgIpc) is 3.43. The van der Waals surface area contributed by atoms with Crippen LogP contribution in [0.3, 0.4) is 0 Å². The summed E-state index contributed by atoms with van der Waals surface area (Å²) in [5.74, 6) is 0. The number of hydrogen-bond acceptors (Lipinski definition) is 0. The lowest BCUT2D eigenvalue weighted by molar-refractivity contribution is 1.47. The third kappa shape index (κ3) is 4.07. The molecule has 0 N–H and O–H groups in total. The molecule has 0 aliphatic heterocycles. The molecule has 0 atom stereocenters. The number of hydrogen-bond donors (Lipinski definition) is 0. The molecule has 8 aromatic carbocycles. The lowest BCUT2D eigenvalue weighted by Gasteiger charge is -2.21. The standard InChI is InChI=1S/C46H32/c1-29-12-9-18-33(26-29)34-22-23-38-41(28-34)43(32-16-7-4-8-17-32)46-40-25-24-36(35-19-10-13-30(2)27-35)37-20-11-21-39(44(37)40)45(46)42(38)31-14-5-3-6-15-31/h3-28H,1-2H3. The molecule has 0 bridgehead atoms. The highest BCUT2D eigenvalue weighted by molar-refractivity contribution is 6.29. The molecular formula is C46H32. The molecule has 0 heterocycles. The van der Waals surface area contributed by atoms with Crippen LogP contribution >= 0.6 is 0 Å². The Kier molecular flexibility index (Phi) is 6.05. The lowest BCUT2D eigenvalue weighted by atomic mass is 9.81. The molecule has 1 aliphatic rings. The van der Waals surface area contributed by atoms with Gasteiger partial charge in [0.25, 0.3) is 0 Å². The second-order valence-electron chi connectivity index (χ2n) is 12.6. The van der Waals surface area contributed by atoms with Gasteiger partial charge >= 0.3 is 0 Å². The van der Waals surface area contributed by atoms with E-state index in [-0.39, 0.29) is 0 Å². The quantitative estimate of drug-likeness (QED) is 0.193. The summed E-state index contributed by atoms with van der Waals surface area (Å²) in [6, 6.07) is 58.5. The van der Waals surface area contributed by atoms with Gasteiger partial charge in [-0.3, -0.25) is 0 Å². The van der Waals surface area contributed by atoms with Crippen molar-refractivity contribution in [3.63, 3.8) is 0 Å². The van der Waals surface area contributed by atoms with Crippen molar-refractivity contribution in [3.8, 4) is 66.8 Å². The van der Waals surface area contributed by atoms with Crippen LogP contribution < -0.4 is 0 Å². The van der Waals surface area contributed by atoms with Gasteiger partial charge in [0, 0.05) is 0 Å². The predicted molar refractivity (Wildman–Crippen MR) is 197 cm³/mol. The predicted octanol–water partition coefficient (Wildman–Crippen LogP) is 12.9. The zero-order chi connectivity index (χ0) is 30.8. The first-order valence-corrected chi connectivity index (χ1v) is 16.1. The van der Waals surface area contributed by atoms with Gasteiger partial charge in [0.05, 0.1) is 0 Å². The molecule has 9 rings (SSSR count). The van der Waals surface area contributed by atoms with Gasteiger partial charge in [-0.1, -0.05) is 163 Å². The van der Waals surface area contributed by atoms with E-state index in [2.05, 4.69) is 172 Å². The van der Waals surface area contributed by atoms with Crippen LogP contribution in [0.1, 0.15) is 11.1 Å². The molecule has 1 aliphatic carbocycles. The van der Waals surface area contributed by atoms with Crippen molar-refractivity contribution in [2.75, 3.05) is 0 Å². The van der Waals surface area contributed by atoms with Crippen LogP contribution in [0.15, 0.2) is 158 Å². The van der Waals surface area contributed by atoms with Gasteiger partial charge in [-0.25, -0.2) is 0 Å². The van der Waals surface area contributed by atoms with E-state index in [0.29, 0.717) is 0 Å². The van der Waals surface area contributed by atoms with Crippen LogP contribution in [0, 0.1) is 13.8 Å². The number of fused-ring (bicyclic) bond motifs is 4. The summed E-state index contributed by atoms with van der Waals surface area (Å²) in [5, 5.41) is 5.22. The second kappa shape index (κ2) is 10.4. The third-order valence-corrected chi connectivity index (χ3v) is 9.69. The minimum absolute atomic E-state index is 1.24. The normalized spacial score (nSPS) is 11.7. The van der Waals surface area contributed by atoms with Crippen molar-refractivity contribution in [2.24, 2.45) is 0 Å². The molecule has 8 aromatic rings. The first-order chi connectivity index (χ1) is 22.7. The second-order valence-corrected chi connectivity index (χ2v) is 12.6. The maximum Gasteiger partial charge on any atom is -0.000741 e. The summed E-state index contributed by atoms with van der Waals surface area (Å²) in [7, 11) is 0. The highest BCUT2D eigenvalue weighted by Gasteiger charge is 2.31. The largest absolute Gasteiger partial charge is 0.0622 e. The summed E-state index contributed by atoms with van der Waals surface area (Å²) in [6.07, 6.45) is 0. The van der Waals surface area contributed by atoms with Crippen LogP contribution in [0.5, 0.6) is 0 Å².